The van der Waals surface area contributed by atoms with Crippen LogP contribution in [0.3, 0.4) is 0 Å². The summed E-state index contributed by atoms with van der Waals surface area (Å²) in [6.07, 6.45) is 3.15. The van der Waals surface area contributed by atoms with Crippen molar-refractivity contribution in [2.24, 2.45) is 5.10 Å². The fourth-order valence-electron chi connectivity index (χ4n) is 3.57. The number of ether oxygens (including phenoxy) is 1. The number of benzene rings is 3. The van der Waals surface area contributed by atoms with Crippen LogP contribution in [0.1, 0.15) is 5.56 Å². The zero-order chi connectivity index (χ0) is 24.5. The second-order valence-corrected chi connectivity index (χ2v) is 9.22. The molecule has 5 rings (SSSR count). The average molecular weight is 569 g/mol. The number of nitrogens with zero attached hydrogens (tertiary/aromatic N) is 3. The highest BCUT2D eigenvalue weighted by Gasteiger charge is 2.17. The molecule has 0 atom stereocenters. The van der Waals surface area contributed by atoms with E-state index in [0.717, 1.165) is 5.39 Å². The molecular formula is C26H16BrCl2N3O3. The van der Waals surface area contributed by atoms with Gasteiger partial charge in [-0.3, -0.25) is 4.79 Å². The lowest BCUT2D eigenvalue weighted by atomic mass is 10.2. The normalized spacial score (nSPS) is 11.5. The van der Waals surface area contributed by atoms with E-state index in [1.165, 1.54) is 10.9 Å². The van der Waals surface area contributed by atoms with Crippen LogP contribution in [0.25, 0.3) is 33.5 Å². The first-order valence-electron chi connectivity index (χ1n) is 10.4. The second kappa shape index (κ2) is 9.70. The van der Waals surface area contributed by atoms with Gasteiger partial charge in [0, 0.05) is 10.4 Å². The molecule has 2 aromatic heterocycles. The summed E-state index contributed by atoms with van der Waals surface area (Å²) in [5, 5.41) is 6.65. The number of aromatic nitrogens is 2. The van der Waals surface area contributed by atoms with E-state index in [0.29, 0.717) is 54.7 Å². The topological polar surface area (TPSA) is 69.6 Å². The van der Waals surface area contributed by atoms with E-state index in [-0.39, 0.29) is 11.4 Å². The molecule has 2 heterocycles. The summed E-state index contributed by atoms with van der Waals surface area (Å²) in [6.45, 7) is 3.96. The van der Waals surface area contributed by atoms with Gasteiger partial charge in [-0.2, -0.15) is 9.78 Å². The Kier molecular flexibility index (Phi) is 6.47. The van der Waals surface area contributed by atoms with Gasteiger partial charge in [0.25, 0.3) is 5.56 Å². The van der Waals surface area contributed by atoms with Crippen LogP contribution in [0, 0.1) is 0 Å². The van der Waals surface area contributed by atoms with Gasteiger partial charge in [-0.1, -0.05) is 48.0 Å². The zero-order valence-corrected chi connectivity index (χ0v) is 21.1. The Labute approximate surface area is 218 Å². The number of para-hydroxylation sites is 1. The molecule has 0 fully saturated rings. The van der Waals surface area contributed by atoms with Crippen LogP contribution in [0.5, 0.6) is 5.75 Å². The third kappa shape index (κ3) is 4.62. The predicted molar refractivity (Wildman–Crippen MR) is 144 cm³/mol. The van der Waals surface area contributed by atoms with Crippen molar-refractivity contribution in [3.05, 3.63) is 104 Å². The predicted octanol–water partition coefficient (Wildman–Crippen LogP) is 7.33. The van der Waals surface area contributed by atoms with E-state index in [9.17, 15) is 4.79 Å². The smallest absolute Gasteiger partial charge is 0.282 e. The van der Waals surface area contributed by atoms with E-state index in [1.807, 2.05) is 6.07 Å². The van der Waals surface area contributed by atoms with Gasteiger partial charge in [-0.05, 0) is 70.0 Å². The third-order valence-electron chi connectivity index (χ3n) is 5.14. The van der Waals surface area contributed by atoms with Gasteiger partial charge in [-0.25, -0.2) is 4.98 Å². The Bertz CT molecular complexity index is 1670. The highest BCUT2D eigenvalue weighted by atomic mass is 79.9. The van der Waals surface area contributed by atoms with Crippen LogP contribution in [0.4, 0.5) is 0 Å². The van der Waals surface area contributed by atoms with Crippen molar-refractivity contribution >= 4 is 67.2 Å². The van der Waals surface area contributed by atoms with Gasteiger partial charge >= 0.3 is 0 Å². The lowest BCUT2D eigenvalue weighted by Gasteiger charge is -2.10. The lowest BCUT2D eigenvalue weighted by Crippen LogP contribution is -2.20. The van der Waals surface area contributed by atoms with Crippen LogP contribution in [-0.4, -0.2) is 22.5 Å². The highest BCUT2D eigenvalue weighted by Crippen LogP contribution is 2.34. The van der Waals surface area contributed by atoms with Crippen molar-refractivity contribution in [3.8, 4) is 17.3 Å². The second-order valence-electron chi connectivity index (χ2n) is 7.52. The first-order valence-corrected chi connectivity index (χ1v) is 12.0. The number of hydrogen-bond donors (Lipinski definition) is 0. The van der Waals surface area contributed by atoms with Crippen molar-refractivity contribution < 1.29 is 9.15 Å². The van der Waals surface area contributed by atoms with Crippen molar-refractivity contribution in [1.29, 1.82) is 0 Å². The zero-order valence-electron chi connectivity index (χ0n) is 18.0. The average Bonchev–Trinajstić information content (AvgIpc) is 3.26. The number of rotatable bonds is 6. The molecule has 0 saturated heterocycles. The van der Waals surface area contributed by atoms with Crippen molar-refractivity contribution in [2.75, 3.05) is 6.61 Å². The lowest BCUT2D eigenvalue weighted by molar-refractivity contribution is 0.361. The summed E-state index contributed by atoms with van der Waals surface area (Å²) in [7, 11) is 0. The van der Waals surface area contributed by atoms with Crippen LogP contribution in [0.15, 0.2) is 92.1 Å². The molecule has 0 unspecified atom stereocenters. The Hall–Kier alpha value is -3.39. The maximum absolute atomic E-state index is 13.4. The number of hydrogen-bond acceptors (Lipinski definition) is 5. The molecule has 0 aliphatic rings. The molecule has 0 amide bonds. The maximum Gasteiger partial charge on any atom is 0.282 e. The van der Waals surface area contributed by atoms with E-state index in [2.05, 4.69) is 32.6 Å². The molecule has 0 aliphatic heterocycles. The van der Waals surface area contributed by atoms with Gasteiger partial charge in [0.05, 0.1) is 26.6 Å². The quantitative estimate of drug-likeness (QED) is 0.159. The molecule has 0 N–H and O–H groups in total. The first-order chi connectivity index (χ1) is 16.9. The summed E-state index contributed by atoms with van der Waals surface area (Å²) in [5.74, 6) is 1.14. The summed E-state index contributed by atoms with van der Waals surface area (Å²) in [5.41, 5.74) is 1.46. The van der Waals surface area contributed by atoms with Gasteiger partial charge < -0.3 is 9.15 Å². The Morgan fingerprint density at radius 2 is 1.97 bits per heavy atom. The fourth-order valence-corrected chi connectivity index (χ4v) is 4.74. The molecule has 3 aromatic carbocycles. The summed E-state index contributed by atoms with van der Waals surface area (Å²) >= 11 is 16.0. The van der Waals surface area contributed by atoms with E-state index >= 15 is 0 Å². The van der Waals surface area contributed by atoms with Gasteiger partial charge in [0.2, 0.25) is 5.82 Å². The number of fused-ring (bicyclic) bond motifs is 2. The molecule has 0 bridgehead atoms. The Morgan fingerprint density at radius 3 is 2.77 bits per heavy atom. The minimum absolute atomic E-state index is 0.258. The minimum atomic E-state index is -0.337. The van der Waals surface area contributed by atoms with Crippen molar-refractivity contribution in [1.82, 2.24) is 9.66 Å². The maximum atomic E-state index is 13.4. The molecule has 5 aromatic rings. The monoisotopic (exact) mass is 567 g/mol. The molecular weight excluding hydrogens is 553 g/mol. The van der Waals surface area contributed by atoms with Crippen LogP contribution in [0.2, 0.25) is 10.0 Å². The molecule has 0 spiro atoms. The molecule has 9 heteroatoms. The largest absolute Gasteiger partial charge is 0.487 e. The molecule has 35 heavy (non-hydrogen) atoms. The summed E-state index contributed by atoms with van der Waals surface area (Å²) < 4.78 is 13.4. The van der Waals surface area contributed by atoms with E-state index in [1.54, 1.807) is 60.7 Å². The van der Waals surface area contributed by atoms with E-state index in [4.69, 9.17) is 32.4 Å². The van der Waals surface area contributed by atoms with Crippen LogP contribution >= 0.6 is 39.1 Å². The first kappa shape index (κ1) is 23.4. The van der Waals surface area contributed by atoms with Crippen LogP contribution in [-0.2, 0) is 0 Å². The van der Waals surface area contributed by atoms with Crippen molar-refractivity contribution in [3.63, 3.8) is 0 Å². The van der Waals surface area contributed by atoms with E-state index < -0.39 is 0 Å². The van der Waals surface area contributed by atoms with Crippen LogP contribution < -0.4 is 10.3 Å². The molecule has 0 saturated carbocycles. The van der Waals surface area contributed by atoms with Gasteiger partial charge in [0.15, 0.2) is 11.5 Å². The van der Waals surface area contributed by atoms with Crippen molar-refractivity contribution in [2.45, 2.75) is 0 Å². The van der Waals surface area contributed by atoms with Gasteiger partial charge in [0.1, 0.15) is 12.2 Å². The molecule has 0 radical (unpaired) electrons. The fraction of sp³-hybridized carbons (Fsp3) is 0.0385. The molecule has 0 aliphatic carbocycles. The summed E-state index contributed by atoms with van der Waals surface area (Å²) in [4.78, 5) is 18.1. The molecule has 174 valence electrons. The summed E-state index contributed by atoms with van der Waals surface area (Å²) in [6, 6.07) is 17.6. The minimum Gasteiger partial charge on any atom is -0.487 e. The highest BCUT2D eigenvalue weighted by molar-refractivity contribution is 9.10. The standard InChI is InChI=1S/C26H16BrCl2N3O3/c1-2-9-34-24-19(27)10-15(11-20(24)29)14-30-32-25(31-21-6-4-3-5-18(21)26(32)33)23-13-16-12-17(28)7-8-22(16)35-23/h2-8,10-14H,1,9H2. The van der Waals surface area contributed by atoms with Gasteiger partial charge in [-0.15, -0.1) is 0 Å². The third-order valence-corrected chi connectivity index (χ3v) is 6.25. The Balaban J connectivity index is 1.65. The number of furan rings is 1. The number of halogens is 3. The molecule has 6 nitrogen and oxygen atoms in total. The SMILES string of the molecule is C=CCOc1c(Cl)cc(C=Nn2c(-c3cc4cc(Cl)ccc4o3)nc3ccccc3c2=O)cc1Br. The Morgan fingerprint density at radius 1 is 1.14 bits per heavy atom.